The van der Waals surface area contributed by atoms with Gasteiger partial charge in [-0.05, 0) is 56.2 Å². The van der Waals surface area contributed by atoms with Gasteiger partial charge in [-0.3, -0.25) is 15.0 Å². The van der Waals surface area contributed by atoms with Crippen LogP contribution in [0.25, 0.3) is 10.9 Å². The van der Waals surface area contributed by atoms with Gasteiger partial charge in [-0.25, -0.2) is 18.6 Å². The molecule has 1 heterocycles. The van der Waals surface area contributed by atoms with E-state index in [2.05, 4.69) is 9.71 Å². The molecule has 0 bridgehead atoms. The van der Waals surface area contributed by atoms with Gasteiger partial charge in [-0.1, -0.05) is 31.0 Å². The van der Waals surface area contributed by atoms with Crippen molar-refractivity contribution in [1.29, 1.82) is 0 Å². The molecule has 0 aliphatic heterocycles. The normalized spacial score (nSPS) is 18.7. The molecule has 0 saturated heterocycles. The summed E-state index contributed by atoms with van der Waals surface area (Å²) in [5, 5.41) is 9.98. The summed E-state index contributed by atoms with van der Waals surface area (Å²) in [6.45, 7) is 2.26. The van der Waals surface area contributed by atoms with Crippen LogP contribution in [0.3, 0.4) is 0 Å². The SMILES string of the molecule is Cc1cc(COc2ccc(S(=O)(=O)N[C@@H]3CCCC[C@@H]3C(=O)NO)cc2)c2ccccc2n1. The number of hydrogen-bond acceptors (Lipinski definition) is 6. The smallest absolute Gasteiger partial charge is 0.248 e. The molecule has 0 unspecified atom stereocenters. The maximum atomic E-state index is 12.9. The number of benzene rings is 2. The molecule has 8 nitrogen and oxygen atoms in total. The van der Waals surface area contributed by atoms with Gasteiger partial charge in [0.15, 0.2) is 0 Å². The van der Waals surface area contributed by atoms with E-state index in [1.54, 1.807) is 17.6 Å². The van der Waals surface area contributed by atoms with Crippen LogP contribution < -0.4 is 14.9 Å². The zero-order chi connectivity index (χ0) is 23.4. The minimum atomic E-state index is -3.83. The minimum Gasteiger partial charge on any atom is -0.489 e. The summed E-state index contributed by atoms with van der Waals surface area (Å²) in [6, 6.07) is 15.5. The van der Waals surface area contributed by atoms with Crippen molar-refractivity contribution in [2.24, 2.45) is 5.92 Å². The van der Waals surface area contributed by atoms with E-state index in [1.807, 2.05) is 37.3 Å². The molecule has 1 saturated carbocycles. The standard InChI is InChI=1S/C24H27N3O5S/c1-16-14-17(20-6-2-4-8-22(20)25-16)15-32-18-10-12-19(13-11-18)33(30,31)27-23-9-5-3-7-21(23)24(28)26-29/h2,4,6,8,10-14,21,23,27,29H,3,5,7,9,15H2,1H3,(H,26,28)/t21-,23+/m0/s1. The predicted molar refractivity (Wildman–Crippen MR) is 123 cm³/mol. The van der Waals surface area contributed by atoms with Crippen LogP contribution in [0.4, 0.5) is 0 Å². The molecule has 2 aromatic carbocycles. The summed E-state index contributed by atoms with van der Waals surface area (Å²) in [5.74, 6) is -0.618. The number of sulfonamides is 1. The first-order chi connectivity index (χ1) is 15.9. The molecule has 1 aromatic heterocycles. The number of pyridine rings is 1. The highest BCUT2D eigenvalue weighted by Gasteiger charge is 2.34. The summed E-state index contributed by atoms with van der Waals surface area (Å²) in [7, 11) is -3.83. The van der Waals surface area contributed by atoms with Crippen molar-refractivity contribution in [2.75, 3.05) is 0 Å². The van der Waals surface area contributed by atoms with Crippen molar-refractivity contribution in [1.82, 2.24) is 15.2 Å². The number of hydroxylamine groups is 1. The Morgan fingerprint density at radius 2 is 1.85 bits per heavy atom. The molecule has 0 radical (unpaired) electrons. The summed E-state index contributed by atoms with van der Waals surface area (Å²) < 4.78 is 34.3. The molecule has 1 aliphatic carbocycles. The summed E-state index contributed by atoms with van der Waals surface area (Å²) >= 11 is 0. The van der Waals surface area contributed by atoms with Crippen LogP contribution in [0.1, 0.15) is 36.9 Å². The third kappa shape index (κ3) is 5.32. The van der Waals surface area contributed by atoms with Crippen LogP contribution in [0.15, 0.2) is 59.5 Å². The average Bonchev–Trinajstić information content (AvgIpc) is 2.82. The van der Waals surface area contributed by atoms with Crippen molar-refractivity contribution in [3.8, 4) is 5.75 Å². The fourth-order valence-corrected chi connectivity index (χ4v) is 5.64. The fourth-order valence-electron chi connectivity index (χ4n) is 4.33. The number of carbonyl (C=O) groups is 1. The maximum absolute atomic E-state index is 12.9. The molecular weight excluding hydrogens is 442 g/mol. The monoisotopic (exact) mass is 469 g/mol. The summed E-state index contributed by atoms with van der Waals surface area (Å²) in [5.41, 5.74) is 4.45. The van der Waals surface area contributed by atoms with Gasteiger partial charge in [-0.15, -0.1) is 0 Å². The molecule has 0 spiro atoms. The van der Waals surface area contributed by atoms with Crippen LogP contribution in [0.5, 0.6) is 5.75 Å². The van der Waals surface area contributed by atoms with E-state index in [0.29, 0.717) is 25.2 Å². The number of rotatable bonds is 7. The first kappa shape index (κ1) is 23.2. The van der Waals surface area contributed by atoms with Gasteiger partial charge in [0.05, 0.1) is 16.3 Å². The Bertz CT molecular complexity index is 1240. The van der Waals surface area contributed by atoms with Crippen molar-refractivity contribution in [2.45, 2.75) is 50.2 Å². The lowest BCUT2D eigenvalue weighted by Crippen LogP contribution is -2.47. The first-order valence-corrected chi connectivity index (χ1v) is 12.4. The molecule has 3 aromatic rings. The molecule has 33 heavy (non-hydrogen) atoms. The van der Waals surface area contributed by atoms with Crippen LogP contribution >= 0.6 is 0 Å². The lowest BCUT2D eigenvalue weighted by atomic mass is 9.85. The minimum absolute atomic E-state index is 0.0915. The Balaban J connectivity index is 1.45. The van der Waals surface area contributed by atoms with Crippen molar-refractivity contribution in [3.05, 3.63) is 65.9 Å². The molecule has 9 heteroatoms. The van der Waals surface area contributed by atoms with Gasteiger partial charge in [0.1, 0.15) is 12.4 Å². The van der Waals surface area contributed by atoms with Crippen LogP contribution in [0.2, 0.25) is 0 Å². The summed E-state index contributed by atoms with van der Waals surface area (Å²) in [4.78, 5) is 16.5. The maximum Gasteiger partial charge on any atom is 0.248 e. The van der Waals surface area contributed by atoms with Crippen molar-refractivity contribution in [3.63, 3.8) is 0 Å². The highest BCUT2D eigenvalue weighted by Crippen LogP contribution is 2.27. The third-order valence-electron chi connectivity index (χ3n) is 5.98. The van der Waals surface area contributed by atoms with Gasteiger partial charge in [0.25, 0.3) is 0 Å². The molecule has 1 amide bonds. The zero-order valence-corrected chi connectivity index (χ0v) is 19.1. The lowest BCUT2D eigenvalue weighted by Gasteiger charge is -2.30. The Kier molecular flexibility index (Phi) is 6.92. The van der Waals surface area contributed by atoms with E-state index < -0.39 is 27.9 Å². The summed E-state index contributed by atoms with van der Waals surface area (Å²) in [6.07, 6.45) is 2.69. The molecule has 4 rings (SSSR count). The van der Waals surface area contributed by atoms with Crippen LogP contribution in [-0.2, 0) is 21.4 Å². The number of fused-ring (bicyclic) bond motifs is 1. The number of aryl methyl sites for hydroxylation is 1. The number of carbonyl (C=O) groups excluding carboxylic acids is 1. The van der Waals surface area contributed by atoms with E-state index >= 15 is 0 Å². The number of ether oxygens (including phenoxy) is 1. The number of hydrogen-bond donors (Lipinski definition) is 3. The number of nitrogens with one attached hydrogen (secondary N) is 2. The number of para-hydroxylation sites is 1. The Morgan fingerprint density at radius 1 is 1.12 bits per heavy atom. The molecule has 174 valence electrons. The Hall–Kier alpha value is -3.01. The Labute approximate surface area is 193 Å². The quantitative estimate of drug-likeness (QED) is 0.360. The van der Waals surface area contributed by atoms with Gasteiger partial charge >= 0.3 is 0 Å². The van der Waals surface area contributed by atoms with E-state index in [9.17, 15) is 13.2 Å². The topological polar surface area (TPSA) is 118 Å². The first-order valence-electron chi connectivity index (χ1n) is 10.9. The molecule has 1 fully saturated rings. The number of aromatic nitrogens is 1. The Morgan fingerprint density at radius 3 is 2.61 bits per heavy atom. The zero-order valence-electron chi connectivity index (χ0n) is 18.3. The van der Waals surface area contributed by atoms with Gasteiger partial charge in [0.2, 0.25) is 15.9 Å². The van der Waals surface area contributed by atoms with Gasteiger partial charge in [0, 0.05) is 22.7 Å². The van der Waals surface area contributed by atoms with E-state index in [1.165, 1.54) is 12.1 Å². The number of amides is 1. The van der Waals surface area contributed by atoms with Crippen molar-refractivity contribution < 1.29 is 23.2 Å². The third-order valence-corrected chi connectivity index (χ3v) is 7.48. The van der Waals surface area contributed by atoms with Crippen molar-refractivity contribution >= 4 is 26.8 Å². The van der Waals surface area contributed by atoms with E-state index in [-0.39, 0.29) is 4.90 Å². The molecule has 1 aliphatic rings. The second-order valence-corrected chi connectivity index (χ2v) is 10.0. The highest BCUT2D eigenvalue weighted by atomic mass is 32.2. The largest absolute Gasteiger partial charge is 0.489 e. The number of nitrogens with zero attached hydrogens (tertiary/aromatic N) is 1. The second kappa shape index (κ2) is 9.86. The predicted octanol–water partition coefficient (Wildman–Crippen LogP) is 3.46. The fraction of sp³-hybridized carbons (Fsp3) is 0.333. The van der Waals surface area contributed by atoms with Gasteiger partial charge in [-0.2, -0.15) is 0 Å². The average molecular weight is 470 g/mol. The molecule has 2 atom stereocenters. The molecule has 3 N–H and O–H groups in total. The van der Waals surface area contributed by atoms with Crippen LogP contribution in [0, 0.1) is 12.8 Å². The second-order valence-electron chi connectivity index (χ2n) is 8.29. The van der Waals surface area contributed by atoms with E-state index in [0.717, 1.165) is 35.0 Å². The lowest BCUT2D eigenvalue weighted by molar-refractivity contribution is -0.135. The van der Waals surface area contributed by atoms with E-state index in [4.69, 9.17) is 9.94 Å². The van der Waals surface area contributed by atoms with Crippen LogP contribution in [-0.4, -0.2) is 30.6 Å². The van der Waals surface area contributed by atoms with Gasteiger partial charge < -0.3 is 4.74 Å². The molecular formula is C24H27N3O5S. The highest BCUT2D eigenvalue weighted by molar-refractivity contribution is 7.89.